The average Bonchev–Trinajstić information content (AvgIpc) is 3.27. The summed E-state index contributed by atoms with van der Waals surface area (Å²) in [5.74, 6) is 2.01. The Bertz CT molecular complexity index is 967. The first-order chi connectivity index (χ1) is 13.6. The number of nitrogens with one attached hydrogen (secondary N) is 1. The van der Waals surface area contributed by atoms with E-state index in [-0.39, 0.29) is 5.91 Å². The molecule has 0 saturated carbocycles. The van der Waals surface area contributed by atoms with Gasteiger partial charge >= 0.3 is 0 Å². The molecular formula is C20H20N4O4. The molecule has 0 aliphatic rings. The molecule has 0 bridgehead atoms. The van der Waals surface area contributed by atoms with E-state index >= 15 is 0 Å². The summed E-state index contributed by atoms with van der Waals surface area (Å²) in [4.78, 5) is 16.5. The van der Waals surface area contributed by atoms with Gasteiger partial charge in [0, 0.05) is 30.1 Å². The van der Waals surface area contributed by atoms with Crippen molar-refractivity contribution in [3.8, 4) is 23.1 Å². The number of hydrogen-bond acceptors (Lipinski definition) is 6. The normalized spacial score (nSPS) is 10.7. The molecule has 1 N–H and O–H groups in total. The fourth-order valence-electron chi connectivity index (χ4n) is 2.53. The lowest BCUT2D eigenvalue weighted by atomic mass is 10.1. The molecule has 8 heteroatoms. The van der Waals surface area contributed by atoms with E-state index in [2.05, 4.69) is 15.4 Å². The van der Waals surface area contributed by atoms with Gasteiger partial charge in [0.25, 0.3) is 0 Å². The summed E-state index contributed by atoms with van der Waals surface area (Å²) in [7, 11) is 4.64. The molecule has 8 nitrogen and oxygen atoms in total. The molecule has 2 aromatic heterocycles. The molecule has 0 radical (unpaired) electrons. The second kappa shape index (κ2) is 8.72. The molecule has 2 heterocycles. The maximum Gasteiger partial charge on any atom is 0.248 e. The van der Waals surface area contributed by atoms with Crippen LogP contribution < -0.4 is 19.5 Å². The Morgan fingerprint density at radius 2 is 1.82 bits per heavy atom. The third kappa shape index (κ3) is 4.29. The van der Waals surface area contributed by atoms with Crippen molar-refractivity contribution in [1.82, 2.24) is 14.8 Å². The minimum absolute atomic E-state index is 0.300. The van der Waals surface area contributed by atoms with Gasteiger partial charge in [-0.25, -0.2) is 9.67 Å². The third-order valence-electron chi connectivity index (χ3n) is 3.90. The van der Waals surface area contributed by atoms with Crippen molar-refractivity contribution < 1.29 is 19.0 Å². The first-order valence-corrected chi connectivity index (χ1v) is 8.39. The Labute approximate surface area is 162 Å². The average molecular weight is 380 g/mol. The van der Waals surface area contributed by atoms with Crippen LogP contribution in [0.3, 0.4) is 0 Å². The van der Waals surface area contributed by atoms with E-state index in [0.717, 1.165) is 0 Å². The predicted octanol–water partition coefficient (Wildman–Crippen LogP) is 2.95. The van der Waals surface area contributed by atoms with E-state index in [4.69, 9.17) is 14.2 Å². The molecule has 144 valence electrons. The third-order valence-corrected chi connectivity index (χ3v) is 3.90. The van der Waals surface area contributed by atoms with E-state index in [1.165, 1.54) is 6.08 Å². The minimum atomic E-state index is -0.300. The number of carbonyl (C=O) groups is 1. The molecule has 1 aromatic carbocycles. The lowest BCUT2D eigenvalue weighted by Crippen LogP contribution is -2.08. The number of methoxy groups -OCH3 is 3. The van der Waals surface area contributed by atoms with Crippen LogP contribution >= 0.6 is 0 Å². The van der Waals surface area contributed by atoms with Crippen LogP contribution in [0.25, 0.3) is 11.9 Å². The van der Waals surface area contributed by atoms with Crippen LogP contribution in [0.4, 0.5) is 5.69 Å². The van der Waals surface area contributed by atoms with Gasteiger partial charge in [0.2, 0.25) is 5.91 Å². The smallest absolute Gasteiger partial charge is 0.248 e. The fraction of sp³-hybridized carbons (Fsp3) is 0.150. The Balaban J connectivity index is 1.71. The van der Waals surface area contributed by atoms with E-state index in [1.54, 1.807) is 74.9 Å². The molecule has 0 aliphatic carbocycles. The zero-order chi connectivity index (χ0) is 19.9. The number of benzene rings is 1. The molecule has 0 aliphatic heterocycles. The Morgan fingerprint density at radius 1 is 1.07 bits per heavy atom. The van der Waals surface area contributed by atoms with Gasteiger partial charge in [0.05, 0.1) is 33.2 Å². The summed E-state index contributed by atoms with van der Waals surface area (Å²) in [6, 6.07) is 8.78. The Hall–Kier alpha value is -3.81. The lowest BCUT2D eigenvalue weighted by Gasteiger charge is -2.12. The number of carbonyl (C=O) groups excluding carboxylic acids is 1. The van der Waals surface area contributed by atoms with Crippen LogP contribution in [-0.2, 0) is 4.79 Å². The summed E-state index contributed by atoms with van der Waals surface area (Å²) in [5, 5.41) is 6.87. The summed E-state index contributed by atoms with van der Waals surface area (Å²) in [5.41, 5.74) is 1.26. The van der Waals surface area contributed by atoms with E-state index in [0.29, 0.717) is 34.3 Å². The molecule has 3 aromatic rings. The quantitative estimate of drug-likeness (QED) is 0.634. The maximum atomic E-state index is 12.2. The lowest BCUT2D eigenvalue weighted by molar-refractivity contribution is -0.111. The van der Waals surface area contributed by atoms with Crippen molar-refractivity contribution in [3.05, 3.63) is 60.6 Å². The topological polar surface area (TPSA) is 87.5 Å². The van der Waals surface area contributed by atoms with E-state index < -0.39 is 0 Å². The zero-order valence-electron chi connectivity index (χ0n) is 15.7. The van der Waals surface area contributed by atoms with Gasteiger partial charge in [0.1, 0.15) is 5.75 Å². The number of aromatic nitrogens is 3. The van der Waals surface area contributed by atoms with Gasteiger partial charge in [-0.2, -0.15) is 5.10 Å². The van der Waals surface area contributed by atoms with Gasteiger partial charge in [-0.15, -0.1) is 0 Å². The summed E-state index contributed by atoms with van der Waals surface area (Å²) >= 11 is 0. The van der Waals surface area contributed by atoms with Crippen LogP contribution in [0.15, 0.2) is 55.0 Å². The van der Waals surface area contributed by atoms with Gasteiger partial charge in [-0.05, 0) is 30.3 Å². The first-order valence-electron chi connectivity index (χ1n) is 8.39. The highest BCUT2D eigenvalue weighted by Gasteiger charge is 2.10. The number of nitrogens with zero attached hydrogens (tertiary/aromatic N) is 3. The van der Waals surface area contributed by atoms with Gasteiger partial charge in [0.15, 0.2) is 17.3 Å². The monoisotopic (exact) mass is 380 g/mol. The van der Waals surface area contributed by atoms with Crippen LogP contribution in [-0.4, -0.2) is 42.0 Å². The molecular weight excluding hydrogens is 360 g/mol. The summed E-state index contributed by atoms with van der Waals surface area (Å²) in [6.07, 6.45) is 8.08. The van der Waals surface area contributed by atoms with Gasteiger partial charge in [-0.3, -0.25) is 4.79 Å². The molecule has 0 fully saturated rings. The molecule has 3 rings (SSSR count). The molecule has 0 saturated heterocycles. The van der Waals surface area contributed by atoms with Crippen LogP contribution in [0, 0.1) is 0 Å². The highest BCUT2D eigenvalue weighted by atomic mass is 16.5. The van der Waals surface area contributed by atoms with Crippen molar-refractivity contribution in [2.24, 2.45) is 0 Å². The van der Waals surface area contributed by atoms with Crippen molar-refractivity contribution in [2.45, 2.75) is 0 Å². The number of rotatable bonds is 7. The van der Waals surface area contributed by atoms with Gasteiger partial charge < -0.3 is 19.5 Å². The van der Waals surface area contributed by atoms with Gasteiger partial charge in [-0.1, -0.05) is 0 Å². The van der Waals surface area contributed by atoms with Crippen LogP contribution in [0.1, 0.15) is 5.56 Å². The number of ether oxygens (including phenoxy) is 3. The summed E-state index contributed by atoms with van der Waals surface area (Å²) < 4.78 is 17.5. The second-order valence-electron chi connectivity index (χ2n) is 5.63. The Kier molecular flexibility index (Phi) is 5.91. The zero-order valence-corrected chi connectivity index (χ0v) is 15.7. The molecule has 28 heavy (non-hydrogen) atoms. The number of amides is 1. The van der Waals surface area contributed by atoms with Crippen LogP contribution in [0.5, 0.6) is 17.2 Å². The van der Waals surface area contributed by atoms with E-state index in [9.17, 15) is 4.79 Å². The highest BCUT2D eigenvalue weighted by molar-refractivity contribution is 6.02. The maximum absolute atomic E-state index is 12.2. The molecule has 0 atom stereocenters. The fourth-order valence-corrected chi connectivity index (χ4v) is 2.53. The SMILES string of the molecule is COc1cc(OC)c(OC)cc1/C=C/C(=O)Nc1ccc(-n2cccn2)nc1. The van der Waals surface area contributed by atoms with Crippen molar-refractivity contribution in [2.75, 3.05) is 26.6 Å². The van der Waals surface area contributed by atoms with Crippen molar-refractivity contribution in [1.29, 1.82) is 0 Å². The number of anilines is 1. The molecule has 0 spiro atoms. The van der Waals surface area contributed by atoms with E-state index in [1.807, 2.05) is 6.07 Å². The number of pyridine rings is 1. The van der Waals surface area contributed by atoms with Crippen LogP contribution in [0.2, 0.25) is 0 Å². The minimum Gasteiger partial charge on any atom is -0.496 e. The second-order valence-corrected chi connectivity index (χ2v) is 5.63. The van der Waals surface area contributed by atoms with Crippen molar-refractivity contribution in [3.63, 3.8) is 0 Å². The van der Waals surface area contributed by atoms with Crippen molar-refractivity contribution >= 4 is 17.7 Å². The highest BCUT2D eigenvalue weighted by Crippen LogP contribution is 2.35. The molecule has 0 unspecified atom stereocenters. The Morgan fingerprint density at radius 3 is 2.43 bits per heavy atom. The standard InChI is InChI=1S/C20H20N4O4/c1-26-16-12-18(28-3)17(27-2)11-14(16)5-8-20(25)23-15-6-7-19(21-13-15)24-10-4-9-22-24/h4-13H,1-3H3,(H,23,25)/b8-5+. The summed E-state index contributed by atoms with van der Waals surface area (Å²) in [6.45, 7) is 0. The first kappa shape index (κ1) is 19.0. The number of hydrogen-bond donors (Lipinski definition) is 1. The largest absolute Gasteiger partial charge is 0.496 e. The predicted molar refractivity (Wildman–Crippen MR) is 105 cm³/mol. The molecule has 1 amide bonds.